The van der Waals surface area contributed by atoms with Crippen molar-refractivity contribution in [3.8, 4) is 11.3 Å². The van der Waals surface area contributed by atoms with Crippen molar-refractivity contribution in [2.24, 2.45) is 0 Å². The summed E-state index contributed by atoms with van der Waals surface area (Å²) in [5, 5.41) is 1.95. The average molecular weight is 438 g/mol. The lowest BCUT2D eigenvalue weighted by Crippen LogP contribution is -2.39. The van der Waals surface area contributed by atoms with E-state index in [2.05, 4.69) is 4.98 Å². The maximum absolute atomic E-state index is 13.5. The van der Waals surface area contributed by atoms with Crippen LogP contribution in [0.25, 0.3) is 11.3 Å². The molecule has 0 radical (unpaired) electrons. The molecule has 2 aromatic carbocycles. The smallest absolute Gasteiger partial charge is 0.185 e. The van der Waals surface area contributed by atoms with Crippen LogP contribution in [0.3, 0.4) is 0 Å². The van der Waals surface area contributed by atoms with E-state index in [1.165, 1.54) is 29.5 Å². The van der Waals surface area contributed by atoms with Crippen LogP contribution in [-0.4, -0.2) is 31.7 Å². The fourth-order valence-corrected chi connectivity index (χ4v) is 5.99. The fourth-order valence-electron chi connectivity index (χ4n) is 3.37. The van der Waals surface area contributed by atoms with Gasteiger partial charge in [-0.25, -0.2) is 26.6 Å². The van der Waals surface area contributed by atoms with E-state index < -0.39 is 32.5 Å². The van der Waals surface area contributed by atoms with Gasteiger partial charge in [-0.2, -0.15) is 0 Å². The summed E-state index contributed by atoms with van der Waals surface area (Å²) in [7, 11) is -3.52. The van der Waals surface area contributed by atoms with Gasteiger partial charge < -0.3 is 4.90 Å². The summed E-state index contributed by atoms with van der Waals surface area (Å²) in [6, 6.07) is 8.54. The lowest BCUT2D eigenvalue weighted by atomic mass is 10.1. The maximum Gasteiger partial charge on any atom is 0.185 e. The van der Waals surface area contributed by atoms with Gasteiger partial charge in [-0.3, -0.25) is 0 Å². The van der Waals surface area contributed by atoms with E-state index in [9.17, 15) is 21.6 Å². The Hall–Kier alpha value is -2.39. The predicted octanol–water partition coefficient (Wildman–Crippen LogP) is 4.67. The quantitative estimate of drug-likeness (QED) is 0.556. The molecular formula is C20H17F3N2O2S2. The number of benzene rings is 2. The van der Waals surface area contributed by atoms with Crippen molar-refractivity contribution in [3.05, 3.63) is 65.3 Å². The van der Waals surface area contributed by atoms with E-state index in [-0.39, 0.29) is 4.90 Å². The van der Waals surface area contributed by atoms with Gasteiger partial charge in [0.05, 0.1) is 15.8 Å². The number of sulfone groups is 1. The molecule has 3 aromatic rings. The van der Waals surface area contributed by atoms with Crippen molar-refractivity contribution in [1.82, 2.24) is 4.98 Å². The van der Waals surface area contributed by atoms with Gasteiger partial charge in [0.25, 0.3) is 0 Å². The highest BCUT2D eigenvalue weighted by molar-refractivity contribution is 7.92. The monoisotopic (exact) mass is 438 g/mol. The number of anilines is 1. The van der Waals surface area contributed by atoms with Crippen molar-refractivity contribution < 1.29 is 21.6 Å². The minimum Gasteiger partial charge on any atom is -0.348 e. The molecule has 0 atom stereocenters. The van der Waals surface area contributed by atoms with E-state index in [0.717, 1.165) is 24.3 Å². The summed E-state index contributed by atoms with van der Waals surface area (Å²) < 4.78 is 65.2. The van der Waals surface area contributed by atoms with Gasteiger partial charge in [0.2, 0.25) is 0 Å². The lowest BCUT2D eigenvalue weighted by molar-refractivity contribution is 0.509. The highest BCUT2D eigenvalue weighted by Gasteiger charge is 2.32. The number of rotatable bonds is 4. The van der Waals surface area contributed by atoms with E-state index in [4.69, 9.17) is 0 Å². The minimum atomic E-state index is -3.52. The number of hydrogen-bond donors (Lipinski definition) is 0. The molecule has 29 heavy (non-hydrogen) atoms. The van der Waals surface area contributed by atoms with Crippen molar-refractivity contribution in [1.29, 1.82) is 0 Å². The van der Waals surface area contributed by atoms with Crippen molar-refractivity contribution in [2.45, 2.75) is 23.0 Å². The minimum absolute atomic E-state index is 0.132. The average Bonchev–Trinajstić information content (AvgIpc) is 3.21. The number of thiazole rings is 1. The maximum atomic E-state index is 13.5. The van der Waals surface area contributed by atoms with Crippen LogP contribution in [0.1, 0.15) is 12.8 Å². The first kappa shape index (κ1) is 19.9. The molecule has 152 valence electrons. The Morgan fingerprint density at radius 3 is 2.31 bits per heavy atom. The highest BCUT2D eigenvalue weighted by Crippen LogP contribution is 2.32. The molecule has 9 heteroatoms. The third kappa shape index (κ3) is 4.02. The Bertz CT molecular complexity index is 1120. The van der Waals surface area contributed by atoms with Gasteiger partial charge in [-0.1, -0.05) is 0 Å². The second-order valence-corrected chi connectivity index (χ2v) is 9.89. The highest BCUT2D eigenvalue weighted by atomic mass is 32.2. The Kier molecular flexibility index (Phi) is 5.35. The zero-order chi connectivity index (χ0) is 20.6. The van der Waals surface area contributed by atoms with Crippen LogP contribution in [0, 0.1) is 17.5 Å². The van der Waals surface area contributed by atoms with Gasteiger partial charge in [0.15, 0.2) is 26.6 Å². The Balaban J connectivity index is 1.45. The zero-order valence-corrected chi connectivity index (χ0v) is 16.8. The molecule has 1 aromatic heterocycles. The summed E-state index contributed by atoms with van der Waals surface area (Å²) in [4.78, 5) is 6.62. The number of nitrogens with zero attached hydrogens (tertiary/aromatic N) is 2. The van der Waals surface area contributed by atoms with Crippen LogP contribution < -0.4 is 4.90 Å². The van der Waals surface area contributed by atoms with Crippen LogP contribution >= 0.6 is 11.3 Å². The van der Waals surface area contributed by atoms with E-state index in [1.807, 2.05) is 4.90 Å². The van der Waals surface area contributed by atoms with Crippen LogP contribution in [0.2, 0.25) is 0 Å². The topological polar surface area (TPSA) is 50.3 Å². The second kappa shape index (κ2) is 7.79. The van der Waals surface area contributed by atoms with Crippen molar-refractivity contribution >= 4 is 26.3 Å². The summed E-state index contributed by atoms with van der Waals surface area (Å²) in [5.41, 5.74) is 1.03. The molecule has 4 nitrogen and oxygen atoms in total. The molecule has 0 unspecified atom stereocenters. The third-order valence-corrected chi connectivity index (χ3v) is 8.18. The first-order chi connectivity index (χ1) is 13.8. The second-order valence-electron chi connectivity index (χ2n) is 6.83. The molecule has 1 aliphatic heterocycles. The number of halogens is 3. The molecule has 1 fully saturated rings. The number of aromatic nitrogens is 1. The first-order valence-electron chi connectivity index (χ1n) is 9.00. The molecule has 0 amide bonds. The third-order valence-electron chi connectivity index (χ3n) is 5.00. The van der Waals surface area contributed by atoms with Crippen LogP contribution in [0.15, 0.2) is 52.7 Å². The SMILES string of the molecule is O=S(=O)(c1ccc(F)cc1)C1CCN(c2nc(-c3ccc(F)c(F)c3)cs2)CC1. The molecule has 0 saturated carbocycles. The fraction of sp³-hybridized carbons (Fsp3) is 0.250. The molecule has 1 aliphatic rings. The Labute approximate surface area is 170 Å². The van der Waals surface area contributed by atoms with Gasteiger partial charge in [0.1, 0.15) is 5.82 Å². The van der Waals surface area contributed by atoms with Crippen LogP contribution in [0.4, 0.5) is 18.3 Å². The molecule has 0 aliphatic carbocycles. The van der Waals surface area contributed by atoms with E-state index in [1.54, 1.807) is 5.38 Å². The lowest BCUT2D eigenvalue weighted by Gasteiger charge is -2.31. The number of hydrogen-bond acceptors (Lipinski definition) is 5. The van der Waals surface area contributed by atoms with Crippen molar-refractivity contribution in [2.75, 3.05) is 18.0 Å². The van der Waals surface area contributed by atoms with Crippen LogP contribution in [-0.2, 0) is 9.84 Å². The molecule has 4 rings (SSSR count). The molecule has 0 spiro atoms. The molecule has 1 saturated heterocycles. The summed E-state index contributed by atoms with van der Waals surface area (Å²) >= 11 is 1.38. The van der Waals surface area contributed by atoms with Crippen molar-refractivity contribution in [3.63, 3.8) is 0 Å². The van der Waals surface area contributed by atoms with E-state index in [0.29, 0.717) is 42.3 Å². The Morgan fingerprint density at radius 1 is 0.966 bits per heavy atom. The molecular weight excluding hydrogens is 421 g/mol. The first-order valence-corrected chi connectivity index (χ1v) is 11.4. The Morgan fingerprint density at radius 2 is 1.66 bits per heavy atom. The summed E-state index contributed by atoms with van der Waals surface area (Å²) in [6.07, 6.45) is 0.861. The predicted molar refractivity (Wildman–Crippen MR) is 106 cm³/mol. The van der Waals surface area contributed by atoms with Gasteiger partial charge >= 0.3 is 0 Å². The molecule has 2 heterocycles. The van der Waals surface area contributed by atoms with Gasteiger partial charge in [-0.05, 0) is 55.3 Å². The molecule has 0 N–H and O–H groups in total. The van der Waals surface area contributed by atoms with Gasteiger partial charge in [0, 0.05) is 24.0 Å². The number of piperidine rings is 1. The summed E-state index contributed by atoms with van der Waals surface area (Å²) in [6.45, 7) is 1.02. The zero-order valence-electron chi connectivity index (χ0n) is 15.2. The van der Waals surface area contributed by atoms with Crippen LogP contribution in [0.5, 0.6) is 0 Å². The van der Waals surface area contributed by atoms with E-state index >= 15 is 0 Å². The largest absolute Gasteiger partial charge is 0.348 e. The molecule has 0 bridgehead atoms. The standard InChI is InChI=1S/C20H17F3N2O2S2/c21-14-2-4-15(5-3-14)29(26,27)16-7-9-25(10-8-16)20-24-19(12-28-20)13-1-6-17(22)18(23)11-13/h1-6,11-12,16H,7-10H2. The van der Waals surface area contributed by atoms with Gasteiger partial charge in [-0.15, -0.1) is 11.3 Å². The normalized spacial score (nSPS) is 15.6. The summed E-state index contributed by atoms with van der Waals surface area (Å²) in [5.74, 6) is -2.31.